The molecular weight excluding hydrogens is 423 g/mol. The molecule has 0 spiro atoms. The van der Waals surface area contributed by atoms with Crippen molar-refractivity contribution in [3.05, 3.63) is 34.9 Å². The Morgan fingerprint density at radius 2 is 1.73 bits per heavy atom. The molecular formula is C21H24NNa2O5P. The summed E-state index contributed by atoms with van der Waals surface area (Å²) in [5.41, 5.74) is 2.62. The van der Waals surface area contributed by atoms with Crippen molar-refractivity contribution in [2.45, 2.75) is 44.9 Å². The van der Waals surface area contributed by atoms with Gasteiger partial charge in [0.2, 0.25) is 0 Å². The fraction of sp³-hybridized carbons (Fsp3) is 0.571. The summed E-state index contributed by atoms with van der Waals surface area (Å²) >= 11 is 0. The number of benzene rings is 1. The van der Waals surface area contributed by atoms with E-state index in [1.807, 2.05) is 6.07 Å². The van der Waals surface area contributed by atoms with Crippen LogP contribution in [-0.4, -0.2) is 7.11 Å². The maximum absolute atomic E-state index is 11.2. The molecule has 4 aliphatic rings. The zero-order chi connectivity index (χ0) is 19.9. The number of phosphoric ester groups is 1. The van der Waals surface area contributed by atoms with Gasteiger partial charge in [-0.3, -0.25) is 0 Å². The predicted molar refractivity (Wildman–Crippen MR) is 99.6 cm³/mol. The Balaban J connectivity index is 0.00000160. The Bertz CT molecular complexity index is 862. The molecule has 1 aromatic rings. The molecule has 4 fully saturated rings. The number of hydrogen-bond donors (Lipinski definition) is 0. The molecule has 9 heteroatoms. The fourth-order valence-electron chi connectivity index (χ4n) is 5.87. The van der Waals surface area contributed by atoms with Crippen LogP contribution in [0.5, 0.6) is 5.75 Å². The van der Waals surface area contributed by atoms with Gasteiger partial charge in [-0.05, 0) is 73.8 Å². The summed E-state index contributed by atoms with van der Waals surface area (Å²) in [5.74, 6) is 3.40. The summed E-state index contributed by atoms with van der Waals surface area (Å²) in [6, 6.07) is 7.09. The smallest absolute Gasteiger partial charge is 0.780 e. The Morgan fingerprint density at radius 3 is 2.23 bits per heavy atom. The molecule has 0 saturated heterocycles. The molecule has 6 nitrogen and oxygen atoms in total. The SMILES string of the molecule is COC(=C1C2CC3CC(C2)CC1C3)c1cccc(OP(=O)([O-])[O-])c1CCC#N.[Na+].[Na+]. The number of ether oxygens (including phenoxy) is 1. The van der Waals surface area contributed by atoms with Crippen molar-refractivity contribution in [1.29, 1.82) is 5.26 Å². The third-order valence-electron chi connectivity index (χ3n) is 6.56. The van der Waals surface area contributed by atoms with E-state index < -0.39 is 7.82 Å². The predicted octanol–water partition coefficient (Wildman–Crippen LogP) is -2.83. The van der Waals surface area contributed by atoms with Gasteiger partial charge in [0.1, 0.15) is 19.3 Å². The number of hydrogen-bond acceptors (Lipinski definition) is 6. The number of nitrogens with zero attached hydrogens (tertiary/aromatic N) is 1. The van der Waals surface area contributed by atoms with Gasteiger partial charge in [-0.2, -0.15) is 5.26 Å². The van der Waals surface area contributed by atoms with Crippen LogP contribution >= 0.6 is 7.82 Å². The summed E-state index contributed by atoms with van der Waals surface area (Å²) in [6.07, 6.45) is 6.60. The number of nitriles is 1. The Morgan fingerprint density at radius 1 is 1.13 bits per heavy atom. The molecule has 5 rings (SSSR count). The van der Waals surface area contributed by atoms with Gasteiger partial charge in [0, 0.05) is 17.5 Å². The quantitative estimate of drug-likeness (QED) is 0.265. The van der Waals surface area contributed by atoms with E-state index in [9.17, 15) is 14.4 Å². The van der Waals surface area contributed by atoms with Crippen molar-refractivity contribution < 1.29 is 82.7 Å². The van der Waals surface area contributed by atoms with Crippen molar-refractivity contribution in [1.82, 2.24) is 0 Å². The van der Waals surface area contributed by atoms with Crippen molar-refractivity contribution in [2.75, 3.05) is 7.11 Å². The average Bonchev–Trinajstić information content (AvgIpc) is 2.62. The minimum absolute atomic E-state index is 0. The van der Waals surface area contributed by atoms with E-state index in [1.165, 1.54) is 43.7 Å². The first-order valence-corrected chi connectivity index (χ1v) is 11.3. The van der Waals surface area contributed by atoms with Gasteiger partial charge in [0.15, 0.2) is 0 Å². The van der Waals surface area contributed by atoms with Gasteiger partial charge in [-0.1, -0.05) is 12.1 Å². The molecule has 0 N–H and O–H groups in total. The normalized spacial score (nSPS) is 26.3. The summed E-state index contributed by atoms with van der Waals surface area (Å²) in [7, 11) is -3.56. The third kappa shape index (κ3) is 5.57. The molecule has 0 aromatic heterocycles. The van der Waals surface area contributed by atoms with Gasteiger partial charge in [0.25, 0.3) is 0 Å². The van der Waals surface area contributed by atoms with E-state index in [4.69, 9.17) is 14.5 Å². The van der Waals surface area contributed by atoms with Gasteiger partial charge in [-0.15, -0.1) is 0 Å². The second kappa shape index (κ2) is 10.9. The first-order chi connectivity index (χ1) is 13.4. The number of rotatable bonds is 6. The van der Waals surface area contributed by atoms with E-state index >= 15 is 0 Å². The molecule has 4 bridgehead atoms. The van der Waals surface area contributed by atoms with E-state index in [0.717, 1.165) is 23.2 Å². The average molecular weight is 447 g/mol. The van der Waals surface area contributed by atoms with Gasteiger partial charge in [-0.25, -0.2) is 0 Å². The standard InChI is InChI=1S/C21H26NO5P.2Na/c1-26-21(20-15-9-13-8-14(11-15)12-16(20)10-13)18-4-2-6-19(27-28(23,24)25)17(18)5-3-7-22;;/h2,4,6,13-16H,3,5,8-12H2,1H3,(H2,23,24,25);;/q;2*+1/p-2. The topological polar surface area (TPSA) is 105 Å². The van der Waals surface area contributed by atoms with Crippen LogP contribution < -0.4 is 73.4 Å². The zero-order valence-electron chi connectivity index (χ0n) is 17.9. The van der Waals surface area contributed by atoms with Crippen LogP contribution in [0.25, 0.3) is 5.76 Å². The third-order valence-corrected chi connectivity index (χ3v) is 6.98. The summed E-state index contributed by atoms with van der Waals surface area (Å²) in [5, 5.41) is 9.04. The second-order valence-electron chi connectivity index (χ2n) is 8.27. The summed E-state index contributed by atoms with van der Waals surface area (Å²) < 4.78 is 21.8. The first-order valence-electron chi connectivity index (χ1n) is 9.88. The van der Waals surface area contributed by atoms with E-state index in [2.05, 4.69) is 6.07 Å². The molecule has 4 saturated carbocycles. The van der Waals surface area contributed by atoms with Crippen LogP contribution in [0, 0.1) is 35.0 Å². The maximum atomic E-state index is 11.2. The van der Waals surface area contributed by atoms with Gasteiger partial charge >= 0.3 is 59.1 Å². The molecule has 0 heterocycles. The number of allylic oxidation sites excluding steroid dienone is 1. The Kier molecular flexibility index (Phi) is 9.59. The minimum Gasteiger partial charge on any atom is -0.780 e. The first kappa shape index (κ1) is 26.5. The van der Waals surface area contributed by atoms with Crippen LogP contribution in [0.3, 0.4) is 0 Å². The van der Waals surface area contributed by atoms with E-state index in [1.54, 1.807) is 13.2 Å². The molecule has 0 atom stereocenters. The summed E-state index contributed by atoms with van der Waals surface area (Å²) in [6.45, 7) is 0. The van der Waals surface area contributed by atoms with E-state index in [0.29, 0.717) is 23.8 Å². The minimum atomic E-state index is -5.20. The van der Waals surface area contributed by atoms with Crippen LogP contribution in [-0.2, 0) is 15.7 Å². The summed E-state index contributed by atoms with van der Waals surface area (Å²) in [4.78, 5) is 22.4. The fourth-order valence-corrected chi connectivity index (χ4v) is 6.28. The van der Waals surface area contributed by atoms with Crippen LogP contribution in [0.1, 0.15) is 49.7 Å². The van der Waals surface area contributed by atoms with Crippen LogP contribution in [0.15, 0.2) is 23.8 Å². The van der Waals surface area contributed by atoms with Crippen molar-refractivity contribution in [3.8, 4) is 11.8 Å². The molecule has 0 aliphatic heterocycles. The second-order valence-corrected chi connectivity index (χ2v) is 9.35. The maximum Gasteiger partial charge on any atom is 1.00 e. The molecule has 30 heavy (non-hydrogen) atoms. The van der Waals surface area contributed by atoms with Gasteiger partial charge in [0.05, 0.1) is 13.2 Å². The molecule has 150 valence electrons. The monoisotopic (exact) mass is 447 g/mol. The van der Waals surface area contributed by atoms with Crippen LogP contribution in [0.4, 0.5) is 0 Å². The number of methoxy groups -OCH3 is 1. The van der Waals surface area contributed by atoms with Gasteiger partial charge < -0.3 is 23.6 Å². The molecule has 1 aromatic carbocycles. The molecule has 0 amide bonds. The molecule has 0 radical (unpaired) electrons. The largest absolute Gasteiger partial charge is 1.00 e. The van der Waals surface area contributed by atoms with Crippen LogP contribution in [0.2, 0.25) is 0 Å². The Labute approximate surface area is 222 Å². The van der Waals surface area contributed by atoms with E-state index in [-0.39, 0.29) is 71.3 Å². The van der Waals surface area contributed by atoms with Crippen molar-refractivity contribution >= 4 is 13.6 Å². The molecule has 0 unspecified atom stereocenters. The number of phosphoric acid groups is 1. The zero-order valence-corrected chi connectivity index (χ0v) is 22.8. The molecule has 4 aliphatic carbocycles. The van der Waals surface area contributed by atoms with Crippen molar-refractivity contribution in [2.24, 2.45) is 23.7 Å². The van der Waals surface area contributed by atoms with Crippen molar-refractivity contribution in [3.63, 3.8) is 0 Å². The Hall–Kier alpha value is 0.200.